The molecule has 2 rings (SSSR count). The van der Waals surface area contributed by atoms with E-state index in [0.717, 1.165) is 17.3 Å². The highest BCUT2D eigenvalue weighted by Crippen LogP contribution is 2.12. The summed E-state index contributed by atoms with van der Waals surface area (Å²) in [6.07, 6.45) is 0. The minimum Gasteiger partial charge on any atom is -0.273 e. The molecule has 0 aliphatic carbocycles. The normalized spacial score (nSPS) is 12.6. The maximum absolute atomic E-state index is 3.53. The molecule has 2 N–H and O–H groups in total. The molecule has 0 atom stereocenters. The summed E-state index contributed by atoms with van der Waals surface area (Å²) in [7, 11) is 2.05. The lowest BCUT2D eigenvalue weighted by atomic mass is 10.1. The van der Waals surface area contributed by atoms with Gasteiger partial charge in [-0.1, -0.05) is 36.4 Å². The second kappa shape index (κ2) is 6.44. The number of para-hydroxylation sites is 2. The average Bonchev–Trinajstić information content (AvgIpc) is 2.46. The molecule has 0 aliphatic rings. The third-order valence-corrected chi connectivity index (χ3v) is 3.01. The van der Waals surface area contributed by atoms with Gasteiger partial charge in [0.2, 0.25) is 0 Å². The lowest BCUT2D eigenvalue weighted by Gasteiger charge is -2.20. The second-order valence-electron chi connectivity index (χ2n) is 6.11. The highest BCUT2D eigenvalue weighted by molar-refractivity contribution is 5.90. The van der Waals surface area contributed by atoms with Gasteiger partial charge in [0, 0.05) is 0 Å². The monoisotopic (exact) mass is 282 g/mol. The Morgan fingerprint density at radius 2 is 1.38 bits per heavy atom. The van der Waals surface area contributed by atoms with E-state index in [4.69, 9.17) is 0 Å². The highest BCUT2D eigenvalue weighted by Gasteiger charge is 2.21. The molecule has 0 heterocycles. The summed E-state index contributed by atoms with van der Waals surface area (Å²) in [6.45, 7) is 6.45. The molecule has 0 saturated carbocycles. The fourth-order valence-corrected chi connectivity index (χ4v) is 1.99. The minimum atomic E-state index is -0.0276. The van der Waals surface area contributed by atoms with E-state index in [2.05, 4.69) is 67.3 Å². The zero-order chi connectivity index (χ0) is 15.3. The fraction of sp³-hybridized carbons (Fsp3) is 0.278. The molecule has 0 radical (unpaired) electrons. The minimum absolute atomic E-state index is 0.0276. The smallest absolute Gasteiger partial charge is 0.273 e. The van der Waals surface area contributed by atoms with Crippen molar-refractivity contribution >= 4 is 17.3 Å². The van der Waals surface area contributed by atoms with Crippen LogP contribution in [0.25, 0.3) is 0 Å². The number of rotatable bonds is 2. The molecule has 2 aromatic rings. The van der Waals surface area contributed by atoms with Crippen molar-refractivity contribution in [2.75, 3.05) is 12.4 Å². The molecular formula is C18H24N3+. The molecule has 0 spiro atoms. The molecule has 0 aliphatic heterocycles. The lowest BCUT2D eigenvalue weighted by Crippen LogP contribution is -2.47. The molecule has 21 heavy (non-hydrogen) atoms. The molecule has 0 bridgehead atoms. The molecule has 2 aromatic carbocycles. The predicted octanol–water partition coefficient (Wildman–Crippen LogP) is 3.82. The van der Waals surface area contributed by atoms with Crippen LogP contribution in [-0.2, 0) is 0 Å². The van der Waals surface area contributed by atoms with Crippen molar-refractivity contribution in [1.82, 2.24) is 5.32 Å². The predicted molar refractivity (Wildman–Crippen MR) is 90.2 cm³/mol. The maximum atomic E-state index is 3.53. The first-order chi connectivity index (χ1) is 9.96. The summed E-state index contributed by atoms with van der Waals surface area (Å²) in [5.41, 5.74) is 2.17. The van der Waals surface area contributed by atoms with E-state index < -0.39 is 0 Å². The first-order valence-electron chi connectivity index (χ1n) is 7.22. The maximum Gasteiger partial charge on any atom is 0.355 e. The van der Waals surface area contributed by atoms with Crippen molar-refractivity contribution in [3.63, 3.8) is 0 Å². The highest BCUT2D eigenvalue weighted by atomic mass is 15.3. The van der Waals surface area contributed by atoms with Crippen molar-refractivity contribution in [3.8, 4) is 0 Å². The van der Waals surface area contributed by atoms with Crippen molar-refractivity contribution in [1.29, 1.82) is 0 Å². The summed E-state index contributed by atoms with van der Waals surface area (Å²) in [5.74, 6) is 0.958. The number of guanidine groups is 1. The van der Waals surface area contributed by atoms with Gasteiger partial charge in [-0.15, -0.1) is 0 Å². The van der Waals surface area contributed by atoms with Crippen LogP contribution in [-0.4, -0.2) is 23.1 Å². The van der Waals surface area contributed by atoms with Gasteiger partial charge >= 0.3 is 5.96 Å². The first kappa shape index (κ1) is 15.1. The summed E-state index contributed by atoms with van der Waals surface area (Å²) in [4.78, 5) is 0. The van der Waals surface area contributed by atoms with Crippen LogP contribution in [0.5, 0.6) is 0 Å². The number of nitrogens with one attached hydrogen (secondary N) is 2. The molecule has 0 aromatic heterocycles. The Kier molecular flexibility index (Phi) is 4.63. The summed E-state index contributed by atoms with van der Waals surface area (Å²) < 4.78 is 2.12. The molecular weight excluding hydrogens is 258 g/mol. The molecule has 0 amide bonds. The number of benzene rings is 2. The van der Waals surface area contributed by atoms with Gasteiger partial charge < -0.3 is 0 Å². The van der Waals surface area contributed by atoms with Crippen molar-refractivity contribution in [2.45, 2.75) is 26.3 Å². The van der Waals surface area contributed by atoms with Crippen molar-refractivity contribution in [2.24, 2.45) is 0 Å². The van der Waals surface area contributed by atoms with E-state index in [1.807, 2.05) is 36.4 Å². The molecule has 0 saturated heterocycles. The Labute approximate surface area is 127 Å². The number of hydrogen-bond acceptors (Lipinski definition) is 0. The molecule has 110 valence electrons. The van der Waals surface area contributed by atoms with Crippen LogP contribution in [0.3, 0.4) is 0 Å². The Morgan fingerprint density at radius 3 is 1.90 bits per heavy atom. The van der Waals surface area contributed by atoms with Gasteiger partial charge in [0.1, 0.15) is 5.69 Å². The van der Waals surface area contributed by atoms with Crippen molar-refractivity contribution < 1.29 is 4.58 Å². The van der Waals surface area contributed by atoms with E-state index in [1.54, 1.807) is 0 Å². The Morgan fingerprint density at radius 1 is 0.857 bits per heavy atom. The summed E-state index contributed by atoms with van der Waals surface area (Å²) in [5, 5.41) is 7.00. The third kappa shape index (κ3) is 4.63. The van der Waals surface area contributed by atoms with E-state index in [0.29, 0.717) is 0 Å². The van der Waals surface area contributed by atoms with Crippen LogP contribution in [0.15, 0.2) is 60.7 Å². The molecule has 3 heteroatoms. The van der Waals surface area contributed by atoms with Gasteiger partial charge in [-0.3, -0.25) is 5.32 Å². The van der Waals surface area contributed by atoms with Crippen LogP contribution in [0, 0.1) is 0 Å². The standard InChI is InChI=1S/C18H23N3/c1-18(2,3)20-17(19-15-11-7-5-8-12-15)21(4)16-13-9-6-10-14-16/h5-14H,1-4H3,(H,19,20)/p+1. The lowest BCUT2D eigenvalue weighted by molar-refractivity contribution is -0.407. The van der Waals surface area contributed by atoms with E-state index in [9.17, 15) is 0 Å². The van der Waals surface area contributed by atoms with E-state index in [-0.39, 0.29) is 5.54 Å². The summed E-state index contributed by atoms with van der Waals surface area (Å²) in [6, 6.07) is 20.5. The van der Waals surface area contributed by atoms with Crippen LogP contribution in [0.4, 0.5) is 11.4 Å². The average molecular weight is 282 g/mol. The van der Waals surface area contributed by atoms with Gasteiger partial charge in [-0.2, -0.15) is 0 Å². The Hall–Kier alpha value is -2.29. The Balaban J connectivity index is 2.36. The second-order valence-corrected chi connectivity index (χ2v) is 6.11. The van der Waals surface area contributed by atoms with Gasteiger partial charge in [-0.25, -0.2) is 9.89 Å². The quantitative estimate of drug-likeness (QED) is 0.498. The molecule has 0 fully saturated rings. The van der Waals surface area contributed by atoms with Crippen LogP contribution in [0.2, 0.25) is 0 Å². The van der Waals surface area contributed by atoms with Gasteiger partial charge in [0.05, 0.1) is 18.3 Å². The van der Waals surface area contributed by atoms with E-state index in [1.165, 1.54) is 0 Å². The number of anilines is 1. The zero-order valence-electron chi connectivity index (χ0n) is 13.2. The van der Waals surface area contributed by atoms with Gasteiger partial charge in [0.15, 0.2) is 0 Å². The number of nitrogens with zero attached hydrogens (tertiary/aromatic N) is 1. The van der Waals surface area contributed by atoms with Crippen LogP contribution >= 0.6 is 0 Å². The Bertz CT molecular complexity index is 595. The van der Waals surface area contributed by atoms with Crippen LogP contribution in [0.1, 0.15) is 20.8 Å². The third-order valence-electron chi connectivity index (χ3n) is 3.01. The fourth-order valence-electron chi connectivity index (χ4n) is 1.99. The number of hydrogen-bond donors (Lipinski definition) is 2. The largest absolute Gasteiger partial charge is 0.355 e. The van der Waals surface area contributed by atoms with Crippen molar-refractivity contribution in [3.05, 3.63) is 60.7 Å². The topological polar surface area (TPSA) is 27.1 Å². The van der Waals surface area contributed by atoms with Gasteiger partial charge in [-0.05, 0) is 45.0 Å². The molecule has 3 nitrogen and oxygen atoms in total. The SMILES string of the molecule is C[N+](=C(Nc1ccccc1)NC(C)(C)C)c1ccccc1. The van der Waals surface area contributed by atoms with E-state index >= 15 is 0 Å². The summed E-state index contributed by atoms with van der Waals surface area (Å²) >= 11 is 0. The zero-order valence-corrected chi connectivity index (χ0v) is 13.2. The first-order valence-corrected chi connectivity index (χ1v) is 7.22. The van der Waals surface area contributed by atoms with Crippen LogP contribution < -0.4 is 10.6 Å². The molecule has 0 unspecified atom stereocenters. The van der Waals surface area contributed by atoms with Gasteiger partial charge in [0.25, 0.3) is 0 Å².